The van der Waals surface area contributed by atoms with Crippen molar-refractivity contribution < 1.29 is 9.72 Å². The molecule has 1 N–H and O–H groups in total. The highest BCUT2D eigenvalue weighted by molar-refractivity contribution is 6.31. The summed E-state index contributed by atoms with van der Waals surface area (Å²) in [5, 5.41) is 13.8. The molecule has 0 unspecified atom stereocenters. The van der Waals surface area contributed by atoms with E-state index in [9.17, 15) is 14.9 Å². The fourth-order valence-corrected chi connectivity index (χ4v) is 1.90. The number of benzene rings is 1. The van der Waals surface area contributed by atoms with Gasteiger partial charge in [-0.05, 0) is 30.7 Å². The van der Waals surface area contributed by atoms with Gasteiger partial charge in [-0.1, -0.05) is 17.7 Å². The number of rotatable bonds is 4. The molecule has 0 spiro atoms. The third-order valence-electron chi connectivity index (χ3n) is 2.83. The van der Waals surface area contributed by atoms with Crippen LogP contribution < -0.4 is 5.32 Å². The summed E-state index contributed by atoms with van der Waals surface area (Å²) in [5.74, 6) is -0.551. The Hall–Kier alpha value is -2.47. The second-order valence-corrected chi connectivity index (χ2v) is 4.85. The van der Waals surface area contributed by atoms with Gasteiger partial charge in [-0.25, -0.2) is 0 Å². The lowest BCUT2D eigenvalue weighted by Crippen LogP contribution is -2.23. The maximum atomic E-state index is 12.1. The van der Waals surface area contributed by atoms with Crippen molar-refractivity contribution in [1.29, 1.82) is 0 Å². The highest BCUT2D eigenvalue weighted by atomic mass is 35.5. The zero-order valence-electron chi connectivity index (χ0n) is 11.2. The van der Waals surface area contributed by atoms with Gasteiger partial charge >= 0.3 is 0 Å². The van der Waals surface area contributed by atoms with Crippen LogP contribution in [0.1, 0.15) is 21.6 Å². The number of carbonyl (C=O) groups excluding carboxylic acids is 1. The Morgan fingerprint density at radius 3 is 2.76 bits per heavy atom. The fourth-order valence-electron chi connectivity index (χ4n) is 1.73. The van der Waals surface area contributed by atoms with E-state index in [0.29, 0.717) is 0 Å². The Kier molecular flexibility index (Phi) is 4.49. The topological polar surface area (TPSA) is 85.1 Å². The first kappa shape index (κ1) is 14.9. The maximum absolute atomic E-state index is 12.1. The van der Waals surface area contributed by atoms with Crippen LogP contribution in [-0.2, 0) is 6.54 Å². The van der Waals surface area contributed by atoms with Crippen molar-refractivity contribution in [1.82, 2.24) is 10.3 Å². The summed E-state index contributed by atoms with van der Waals surface area (Å²) in [4.78, 5) is 26.5. The van der Waals surface area contributed by atoms with E-state index in [2.05, 4.69) is 10.3 Å². The number of nitrogens with zero attached hydrogens (tertiary/aromatic N) is 2. The van der Waals surface area contributed by atoms with Crippen molar-refractivity contribution in [3.63, 3.8) is 0 Å². The van der Waals surface area contributed by atoms with Gasteiger partial charge in [0.25, 0.3) is 11.6 Å². The predicted molar refractivity (Wildman–Crippen MR) is 78.3 cm³/mol. The standard InChI is InChI=1S/C14H12ClN3O3/c1-9-2-3-10(7-16-9)8-17-14(19)12-6-11(15)4-5-13(12)18(20)21/h2-7H,8H2,1H3,(H,17,19). The van der Waals surface area contributed by atoms with Crippen LogP contribution in [-0.4, -0.2) is 15.8 Å². The van der Waals surface area contributed by atoms with Crippen LogP contribution in [0.5, 0.6) is 0 Å². The molecule has 108 valence electrons. The Morgan fingerprint density at radius 2 is 2.14 bits per heavy atom. The molecule has 2 rings (SSSR count). The molecule has 0 aliphatic heterocycles. The molecule has 0 saturated carbocycles. The predicted octanol–water partition coefficient (Wildman–Crippen LogP) is 2.88. The number of carbonyl (C=O) groups is 1. The molecule has 0 radical (unpaired) electrons. The van der Waals surface area contributed by atoms with Crippen LogP contribution in [0.25, 0.3) is 0 Å². The normalized spacial score (nSPS) is 10.2. The van der Waals surface area contributed by atoms with Gasteiger partial charge < -0.3 is 5.32 Å². The van der Waals surface area contributed by atoms with Crippen LogP contribution in [0, 0.1) is 17.0 Å². The van der Waals surface area contributed by atoms with Crippen molar-refractivity contribution in [2.45, 2.75) is 13.5 Å². The molecule has 0 bridgehead atoms. The van der Waals surface area contributed by atoms with Crippen LogP contribution >= 0.6 is 11.6 Å². The summed E-state index contributed by atoms with van der Waals surface area (Å²) in [7, 11) is 0. The number of nitro groups is 1. The summed E-state index contributed by atoms with van der Waals surface area (Å²) in [6, 6.07) is 7.52. The highest BCUT2D eigenvalue weighted by Gasteiger charge is 2.20. The van der Waals surface area contributed by atoms with Gasteiger partial charge in [0, 0.05) is 29.5 Å². The molecular formula is C14H12ClN3O3. The van der Waals surface area contributed by atoms with Crippen molar-refractivity contribution in [2.24, 2.45) is 0 Å². The fraction of sp³-hybridized carbons (Fsp3) is 0.143. The highest BCUT2D eigenvalue weighted by Crippen LogP contribution is 2.22. The largest absolute Gasteiger partial charge is 0.348 e. The number of aryl methyl sites for hydroxylation is 1. The monoisotopic (exact) mass is 305 g/mol. The van der Waals surface area contributed by atoms with Gasteiger partial charge in [0.15, 0.2) is 0 Å². The van der Waals surface area contributed by atoms with Crippen molar-refractivity contribution >= 4 is 23.2 Å². The molecular weight excluding hydrogens is 294 g/mol. The minimum absolute atomic E-state index is 0.0624. The third kappa shape index (κ3) is 3.76. The van der Waals surface area contributed by atoms with Gasteiger partial charge in [0.1, 0.15) is 5.56 Å². The first-order valence-corrected chi connectivity index (χ1v) is 6.49. The summed E-state index contributed by atoms with van der Waals surface area (Å²) in [5.41, 5.74) is 1.33. The Morgan fingerprint density at radius 1 is 1.38 bits per heavy atom. The van der Waals surface area contributed by atoms with Crippen molar-refractivity contribution in [3.05, 3.63) is 68.5 Å². The van der Waals surface area contributed by atoms with Gasteiger partial charge in [0.2, 0.25) is 0 Å². The molecule has 0 aliphatic carbocycles. The van der Waals surface area contributed by atoms with E-state index in [1.165, 1.54) is 18.2 Å². The minimum Gasteiger partial charge on any atom is -0.348 e. The molecule has 1 amide bonds. The molecule has 0 saturated heterocycles. The van der Waals surface area contributed by atoms with E-state index in [1.807, 2.05) is 19.1 Å². The van der Waals surface area contributed by atoms with E-state index >= 15 is 0 Å². The number of nitrogens with one attached hydrogen (secondary N) is 1. The van der Waals surface area contributed by atoms with Crippen LogP contribution in [0.2, 0.25) is 5.02 Å². The second kappa shape index (κ2) is 6.32. The molecule has 2 aromatic rings. The SMILES string of the molecule is Cc1ccc(CNC(=O)c2cc(Cl)ccc2[N+](=O)[O-])cn1. The molecule has 1 aromatic heterocycles. The zero-order valence-corrected chi connectivity index (χ0v) is 11.9. The molecule has 6 nitrogen and oxygen atoms in total. The average Bonchev–Trinajstić information content (AvgIpc) is 2.46. The molecule has 0 atom stereocenters. The van der Waals surface area contributed by atoms with E-state index in [0.717, 1.165) is 11.3 Å². The average molecular weight is 306 g/mol. The smallest absolute Gasteiger partial charge is 0.282 e. The molecule has 0 aliphatic rings. The van der Waals surface area contributed by atoms with Crippen LogP contribution in [0.3, 0.4) is 0 Å². The summed E-state index contributed by atoms with van der Waals surface area (Å²) in [6.45, 7) is 2.09. The first-order valence-electron chi connectivity index (χ1n) is 6.11. The van der Waals surface area contributed by atoms with E-state index in [-0.39, 0.29) is 22.8 Å². The number of pyridine rings is 1. The number of halogens is 1. The van der Waals surface area contributed by atoms with Gasteiger partial charge in [-0.2, -0.15) is 0 Å². The first-order chi connectivity index (χ1) is 9.97. The van der Waals surface area contributed by atoms with Gasteiger partial charge in [0.05, 0.1) is 4.92 Å². The van der Waals surface area contributed by atoms with Crippen LogP contribution in [0.4, 0.5) is 5.69 Å². The van der Waals surface area contributed by atoms with E-state index in [1.54, 1.807) is 6.20 Å². The quantitative estimate of drug-likeness (QED) is 0.695. The number of aromatic nitrogens is 1. The molecule has 21 heavy (non-hydrogen) atoms. The number of nitro benzene ring substituents is 1. The Balaban J connectivity index is 2.15. The molecule has 0 fully saturated rings. The van der Waals surface area contributed by atoms with Crippen molar-refractivity contribution in [3.8, 4) is 0 Å². The Bertz CT molecular complexity index is 686. The molecule has 1 heterocycles. The third-order valence-corrected chi connectivity index (χ3v) is 3.06. The number of hydrogen-bond acceptors (Lipinski definition) is 4. The number of hydrogen-bond donors (Lipinski definition) is 1. The summed E-state index contributed by atoms with van der Waals surface area (Å²) >= 11 is 5.79. The summed E-state index contributed by atoms with van der Waals surface area (Å²) < 4.78 is 0. The number of amides is 1. The van der Waals surface area contributed by atoms with Crippen LogP contribution in [0.15, 0.2) is 36.5 Å². The second-order valence-electron chi connectivity index (χ2n) is 4.41. The van der Waals surface area contributed by atoms with Crippen molar-refractivity contribution in [2.75, 3.05) is 0 Å². The Labute approximate surface area is 125 Å². The lowest BCUT2D eigenvalue weighted by Gasteiger charge is -2.06. The van der Waals surface area contributed by atoms with Gasteiger partial charge in [-0.15, -0.1) is 0 Å². The van der Waals surface area contributed by atoms with E-state index < -0.39 is 10.8 Å². The lowest BCUT2D eigenvalue weighted by atomic mass is 10.1. The molecule has 7 heteroatoms. The van der Waals surface area contributed by atoms with E-state index in [4.69, 9.17) is 11.6 Å². The molecule has 1 aromatic carbocycles. The maximum Gasteiger partial charge on any atom is 0.282 e. The zero-order chi connectivity index (χ0) is 15.4. The minimum atomic E-state index is -0.612. The lowest BCUT2D eigenvalue weighted by molar-refractivity contribution is -0.385. The summed E-state index contributed by atoms with van der Waals surface area (Å²) in [6.07, 6.45) is 1.64. The van der Waals surface area contributed by atoms with Gasteiger partial charge in [-0.3, -0.25) is 19.9 Å².